The van der Waals surface area contributed by atoms with Crippen molar-refractivity contribution in [3.8, 4) is 0 Å². The smallest absolute Gasteiger partial charge is 0.271 e. The number of non-ortho nitro benzene ring substituents is 1. The van der Waals surface area contributed by atoms with Crippen molar-refractivity contribution in [1.29, 1.82) is 0 Å². The summed E-state index contributed by atoms with van der Waals surface area (Å²) in [6.45, 7) is 2.30. The monoisotopic (exact) mass is 351 g/mol. The molecule has 7 heteroatoms. The van der Waals surface area contributed by atoms with E-state index < -0.39 is 4.92 Å². The van der Waals surface area contributed by atoms with Crippen LogP contribution in [0.2, 0.25) is 5.02 Å². The van der Waals surface area contributed by atoms with Gasteiger partial charge in [-0.1, -0.05) is 30.9 Å². The van der Waals surface area contributed by atoms with Crippen LogP contribution < -0.4 is 5.32 Å². The fourth-order valence-electron chi connectivity index (χ4n) is 3.93. The average Bonchev–Trinajstić information content (AvgIpc) is 2.56. The van der Waals surface area contributed by atoms with E-state index in [0.29, 0.717) is 12.2 Å². The Kier molecular flexibility index (Phi) is 5.36. The van der Waals surface area contributed by atoms with Crippen LogP contribution in [-0.4, -0.2) is 35.4 Å². The van der Waals surface area contributed by atoms with Crippen LogP contribution in [0.25, 0.3) is 0 Å². The Hall–Kier alpha value is -1.66. The summed E-state index contributed by atoms with van der Waals surface area (Å²) in [6.07, 6.45) is 6.44. The van der Waals surface area contributed by atoms with Crippen molar-refractivity contribution in [3.05, 3.63) is 33.3 Å². The molecule has 1 saturated carbocycles. The summed E-state index contributed by atoms with van der Waals surface area (Å²) in [7, 11) is 0. The Morgan fingerprint density at radius 3 is 2.75 bits per heavy atom. The predicted molar refractivity (Wildman–Crippen MR) is 93.2 cm³/mol. The van der Waals surface area contributed by atoms with Gasteiger partial charge in [0.15, 0.2) is 0 Å². The third-order valence-corrected chi connectivity index (χ3v) is 5.49. The Labute approximate surface area is 146 Å². The number of nitro groups is 1. The Balaban J connectivity index is 1.55. The minimum absolute atomic E-state index is 0.0858. The van der Waals surface area contributed by atoms with E-state index in [4.69, 9.17) is 11.6 Å². The first-order chi connectivity index (χ1) is 11.5. The van der Waals surface area contributed by atoms with Gasteiger partial charge in [-0.15, -0.1) is 0 Å². The molecule has 2 fully saturated rings. The lowest BCUT2D eigenvalue weighted by atomic mass is 9.75. The van der Waals surface area contributed by atoms with Crippen molar-refractivity contribution in [2.24, 2.45) is 11.8 Å². The van der Waals surface area contributed by atoms with Crippen LogP contribution in [0.3, 0.4) is 0 Å². The van der Waals surface area contributed by atoms with E-state index in [9.17, 15) is 14.9 Å². The molecule has 0 radical (unpaired) electrons. The highest BCUT2D eigenvalue weighted by Gasteiger charge is 2.31. The first-order valence-corrected chi connectivity index (χ1v) is 8.87. The standard InChI is InChI=1S/C17H22ClN3O3/c18-15-9-14(21(23)24)5-6-16(15)19-17(22)11-20-8-7-12-3-1-2-4-13(12)10-20/h5-6,9,12-13H,1-4,7-8,10-11H2,(H,19,22)/t12-,13+/m0/s1. The number of rotatable bonds is 4. The highest BCUT2D eigenvalue weighted by molar-refractivity contribution is 6.34. The van der Waals surface area contributed by atoms with Crippen LogP contribution in [0.4, 0.5) is 11.4 Å². The Morgan fingerprint density at radius 2 is 2.04 bits per heavy atom. The number of hydrogen-bond acceptors (Lipinski definition) is 4. The molecule has 130 valence electrons. The fourth-order valence-corrected chi connectivity index (χ4v) is 4.15. The number of piperidine rings is 1. The number of carbonyl (C=O) groups excluding carboxylic acids is 1. The lowest BCUT2D eigenvalue weighted by Gasteiger charge is -2.41. The molecule has 1 aromatic rings. The van der Waals surface area contributed by atoms with Crippen molar-refractivity contribution in [2.75, 3.05) is 25.0 Å². The van der Waals surface area contributed by atoms with Crippen molar-refractivity contribution >= 4 is 28.9 Å². The van der Waals surface area contributed by atoms with Crippen molar-refractivity contribution in [2.45, 2.75) is 32.1 Å². The van der Waals surface area contributed by atoms with Gasteiger partial charge in [-0.2, -0.15) is 0 Å². The van der Waals surface area contributed by atoms with Gasteiger partial charge in [-0.05, 0) is 37.3 Å². The van der Waals surface area contributed by atoms with Crippen LogP contribution >= 0.6 is 11.6 Å². The number of anilines is 1. The molecule has 1 aromatic carbocycles. The molecule has 6 nitrogen and oxygen atoms in total. The maximum atomic E-state index is 12.3. The van der Waals surface area contributed by atoms with Gasteiger partial charge in [0.1, 0.15) is 0 Å². The lowest BCUT2D eigenvalue weighted by molar-refractivity contribution is -0.384. The van der Waals surface area contributed by atoms with Crippen LogP contribution in [0, 0.1) is 22.0 Å². The summed E-state index contributed by atoms with van der Waals surface area (Å²) in [6, 6.07) is 4.07. The summed E-state index contributed by atoms with van der Waals surface area (Å²) < 4.78 is 0. The minimum Gasteiger partial charge on any atom is -0.324 e. The zero-order chi connectivity index (χ0) is 17.1. The number of halogens is 1. The molecule has 1 heterocycles. The minimum atomic E-state index is -0.508. The molecule has 2 aliphatic rings. The molecule has 0 aromatic heterocycles. The number of amides is 1. The van der Waals surface area contributed by atoms with Crippen LogP contribution in [-0.2, 0) is 4.79 Å². The second-order valence-corrected chi connectivity index (χ2v) is 7.21. The van der Waals surface area contributed by atoms with E-state index >= 15 is 0 Å². The second-order valence-electron chi connectivity index (χ2n) is 6.80. The zero-order valence-electron chi connectivity index (χ0n) is 13.5. The van der Waals surface area contributed by atoms with Crippen LogP contribution in [0.5, 0.6) is 0 Å². The maximum absolute atomic E-state index is 12.3. The highest BCUT2D eigenvalue weighted by Crippen LogP contribution is 2.36. The van der Waals surface area contributed by atoms with Gasteiger partial charge in [0.25, 0.3) is 5.69 Å². The number of carbonyl (C=O) groups is 1. The molecule has 24 heavy (non-hydrogen) atoms. The zero-order valence-corrected chi connectivity index (χ0v) is 14.3. The normalized spacial score (nSPS) is 24.2. The molecule has 3 rings (SSSR count). The Morgan fingerprint density at radius 1 is 1.29 bits per heavy atom. The van der Waals surface area contributed by atoms with Crippen LogP contribution in [0.15, 0.2) is 18.2 Å². The molecular formula is C17H22ClN3O3. The number of likely N-dealkylation sites (tertiary alicyclic amines) is 1. The molecule has 0 bridgehead atoms. The number of nitrogens with zero attached hydrogens (tertiary/aromatic N) is 2. The third kappa shape index (κ3) is 4.05. The lowest BCUT2D eigenvalue weighted by Crippen LogP contribution is -2.44. The highest BCUT2D eigenvalue weighted by atomic mass is 35.5. The van der Waals surface area contributed by atoms with E-state index in [0.717, 1.165) is 24.9 Å². The quantitative estimate of drug-likeness (QED) is 0.663. The number of nitro benzene ring substituents is 1. The second kappa shape index (κ2) is 7.49. The maximum Gasteiger partial charge on any atom is 0.271 e. The summed E-state index contributed by atoms with van der Waals surface area (Å²) in [5, 5.41) is 13.7. The fraction of sp³-hybridized carbons (Fsp3) is 0.588. The molecular weight excluding hydrogens is 330 g/mol. The summed E-state index contributed by atoms with van der Waals surface area (Å²) >= 11 is 6.02. The first-order valence-electron chi connectivity index (χ1n) is 8.49. The van der Waals surface area contributed by atoms with Gasteiger partial charge in [0.05, 0.1) is 22.2 Å². The summed E-state index contributed by atoms with van der Waals surface area (Å²) in [5.41, 5.74) is 0.331. The van der Waals surface area contributed by atoms with E-state index in [1.165, 1.54) is 50.3 Å². The van der Waals surface area contributed by atoms with Gasteiger partial charge in [-0.3, -0.25) is 19.8 Å². The van der Waals surface area contributed by atoms with Gasteiger partial charge in [-0.25, -0.2) is 0 Å². The molecule has 2 atom stereocenters. The molecule has 1 N–H and O–H groups in total. The predicted octanol–water partition coefficient (Wildman–Crippen LogP) is 3.70. The van der Waals surface area contributed by atoms with Crippen molar-refractivity contribution in [1.82, 2.24) is 4.90 Å². The van der Waals surface area contributed by atoms with Crippen molar-refractivity contribution < 1.29 is 9.72 Å². The molecule has 1 amide bonds. The number of hydrogen-bond donors (Lipinski definition) is 1. The first kappa shape index (κ1) is 17.2. The largest absolute Gasteiger partial charge is 0.324 e. The van der Waals surface area contributed by atoms with E-state index in [2.05, 4.69) is 10.2 Å². The number of benzene rings is 1. The third-order valence-electron chi connectivity index (χ3n) is 5.18. The SMILES string of the molecule is O=C(CN1CC[C@@H]2CCCC[C@@H]2C1)Nc1ccc([N+](=O)[O-])cc1Cl. The van der Waals surface area contributed by atoms with E-state index in [-0.39, 0.29) is 16.6 Å². The summed E-state index contributed by atoms with van der Waals surface area (Å²) in [4.78, 5) is 24.7. The molecule has 1 aliphatic heterocycles. The van der Waals surface area contributed by atoms with Gasteiger partial charge in [0, 0.05) is 18.7 Å². The van der Waals surface area contributed by atoms with Gasteiger partial charge < -0.3 is 5.32 Å². The van der Waals surface area contributed by atoms with Gasteiger partial charge >= 0.3 is 0 Å². The molecule has 1 saturated heterocycles. The van der Waals surface area contributed by atoms with Gasteiger partial charge in [0.2, 0.25) is 5.91 Å². The summed E-state index contributed by atoms with van der Waals surface area (Å²) in [5.74, 6) is 1.44. The van der Waals surface area contributed by atoms with Crippen molar-refractivity contribution in [3.63, 3.8) is 0 Å². The number of nitrogens with one attached hydrogen (secondary N) is 1. The Bertz CT molecular complexity index is 638. The molecule has 1 aliphatic carbocycles. The topological polar surface area (TPSA) is 75.5 Å². The molecule has 0 unspecified atom stereocenters. The van der Waals surface area contributed by atoms with E-state index in [1.54, 1.807) is 0 Å². The van der Waals surface area contributed by atoms with Crippen LogP contribution in [0.1, 0.15) is 32.1 Å². The van der Waals surface area contributed by atoms with E-state index in [1.807, 2.05) is 0 Å². The molecule has 0 spiro atoms. The number of fused-ring (bicyclic) bond motifs is 1. The average molecular weight is 352 g/mol.